The third kappa shape index (κ3) is 4.73. The molecule has 3 rings (SSSR count). The minimum Gasteiger partial charge on any atom is -0.459 e. The van der Waals surface area contributed by atoms with Crippen LogP contribution < -0.4 is 5.32 Å². The van der Waals surface area contributed by atoms with Gasteiger partial charge in [-0.2, -0.15) is 0 Å². The molecule has 0 bridgehead atoms. The molecule has 1 aromatic carbocycles. The van der Waals surface area contributed by atoms with E-state index < -0.39 is 0 Å². The van der Waals surface area contributed by atoms with Gasteiger partial charge in [0, 0.05) is 39.1 Å². The van der Waals surface area contributed by atoms with Gasteiger partial charge in [0.25, 0.3) is 5.91 Å². The van der Waals surface area contributed by atoms with Crippen molar-refractivity contribution in [3.8, 4) is 0 Å². The summed E-state index contributed by atoms with van der Waals surface area (Å²) in [7, 11) is 0. The second-order valence-electron chi connectivity index (χ2n) is 6.56. The molecule has 0 saturated carbocycles. The number of rotatable bonds is 6. The zero-order chi connectivity index (χ0) is 18.4. The van der Waals surface area contributed by atoms with Gasteiger partial charge >= 0.3 is 0 Å². The number of piperazine rings is 1. The highest BCUT2D eigenvalue weighted by Crippen LogP contribution is 2.12. The largest absolute Gasteiger partial charge is 0.459 e. The molecular weight excluding hydrogens is 330 g/mol. The molecule has 6 heteroatoms. The van der Waals surface area contributed by atoms with Crippen LogP contribution in [0.4, 0.5) is 0 Å². The second kappa shape index (κ2) is 8.67. The summed E-state index contributed by atoms with van der Waals surface area (Å²) >= 11 is 0. The first-order valence-corrected chi connectivity index (χ1v) is 9.03. The lowest BCUT2D eigenvalue weighted by atomic mass is 10.1. The van der Waals surface area contributed by atoms with E-state index in [0.717, 1.165) is 18.7 Å². The Bertz CT molecular complexity index is 707. The molecule has 26 heavy (non-hydrogen) atoms. The molecule has 0 aliphatic carbocycles. The van der Waals surface area contributed by atoms with Crippen LogP contribution in [0.2, 0.25) is 0 Å². The molecular formula is C20H25N3O3. The van der Waals surface area contributed by atoms with Crippen molar-refractivity contribution in [3.05, 3.63) is 60.1 Å². The maximum Gasteiger partial charge on any atom is 0.289 e. The zero-order valence-corrected chi connectivity index (χ0v) is 15.1. The molecule has 6 nitrogen and oxygen atoms in total. The van der Waals surface area contributed by atoms with Crippen LogP contribution in [-0.4, -0.2) is 54.3 Å². The van der Waals surface area contributed by atoms with Crippen LogP contribution in [0.25, 0.3) is 0 Å². The van der Waals surface area contributed by atoms with Crippen molar-refractivity contribution >= 4 is 11.8 Å². The number of carbonyl (C=O) groups is 2. The Hall–Kier alpha value is -2.60. The summed E-state index contributed by atoms with van der Waals surface area (Å²) < 4.78 is 5.17. The van der Waals surface area contributed by atoms with Crippen LogP contribution in [-0.2, 0) is 4.79 Å². The zero-order valence-electron chi connectivity index (χ0n) is 15.1. The Labute approximate surface area is 153 Å². The highest BCUT2D eigenvalue weighted by molar-refractivity contribution is 5.91. The van der Waals surface area contributed by atoms with Crippen molar-refractivity contribution < 1.29 is 14.0 Å². The van der Waals surface area contributed by atoms with Crippen molar-refractivity contribution in [2.75, 3.05) is 32.7 Å². The van der Waals surface area contributed by atoms with E-state index in [4.69, 9.17) is 4.42 Å². The summed E-state index contributed by atoms with van der Waals surface area (Å²) in [4.78, 5) is 28.4. The van der Waals surface area contributed by atoms with E-state index in [1.165, 1.54) is 6.26 Å². The Kier molecular flexibility index (Phi) is 6.07. The van der Waals surface area contributed by atoms with Crippen LogP contribution in [0, 0.1) is 0 Å². The molecule has 0 spiro atoms. The number of carbonyl (C=O) groups excluding carboxylic acids is 2. The van der Waals surface area contributed by atoms with E-state index in [1.54, 1.807) is 17.0 Å². The van der Waals surface area contributed by atoms with Gasteiger partial charge in [0.15, 0.2) is 5.76 Å². The van der Waals surface area contributed by atoms with Gasteiger partial charge in [0.2, 0.25) is 5.91 Å². The topological polar surface area (TPSA) is 65.8 Å². The van der Waals surface area contributed by atoms with Gasteiger partial charge in [-0.1, -0.05) is 30.3 Å². The van der Waals surface area contributed by atoms with E-state index in [-0.39, 0.29) is 17.9 Å². The second-order valence-corrected chi connectivity index (χ2v) is 6.56. The standard InChI is InChI=1S/C20H25N3O3/c1-16(17-6-3-2-4-7-17)21-19(24)9-10-22-11-13-23(14-12-22)20(25)18-8-5-15-26-18/h2-8,15-16H,9-14H2,1H3,(H,21,24). The summed E-state index contributed by atoms with van der Waals surface area (Å²) in [5.74, 6) is 0.368. The summed E-state index contributed by atoms with van der Waals surface area (Å²) in [5, 5.41) is 3.04. The first-order chi connectivity index (χ1) is 12.6. The molecule has 1 saturated heterocycles. The van der Waals surface area contributed by atoms with Crippen molar-refractivity contribution in [2.24, 2.45) is 0 Å². The number of furan rings is 1. The normalized spacial score (nSPS) is 16.3. The van der Waals surface area contributed by atoms with E-state index in [0.29, 0.717) is 31.8 Å². The molecule has 1 fully saturated rings. The number of nitrogens with one attached hydrogen (secondary N) is 1. The lowest BCUT2D eigenvalue weighted by Crippen LogP contribution is -2.49. The van der Waals surface area contributed by atoms with Gasteiger partial charge in [-0.05, 0) is 24.6 Å². The minimum atomic E-state index is -0.0657. The van der Waals surface area contributed by atoms with E-state index in [9.17, 15) is 9.59 Å². The SMILES string of the molecule is CC(NC(=O)CCN1CCN(C(=O)c2ccco2)CC1)c1ccccc1. The maximum absolute atomic E-state index is 12.2. The first kappa shape index (κ1) is 18.2. The van der Waals surface area contributed by atoms with Gasteiger partial charge in [-0.3, -0.25) is 14.5 Å². The molecule has 2 heterocycles. The van der Waals surface area contributed by atoms with Gasteiger partial charge in [-0.15, -0.1) is 0 Å². The van der Waals surface area contributed by atoms with Crippen molar-refractivity contribution in [1.82, 2.24) is 15.1 Å². The third-order valence-electron chi connectivity index (χ3n) is 4.72. The summed E-state index contributed by atoms with van der Waals surface area (Å²) in [5.41, 5.74) is 1.10. The van der Waals surface area contributed by atoms with Crippen molar-refractivity contribution in [1.29, 1.82) is 0 Å². The van der Waals surface area contributed by atoms with E-state index in [1.807, 2.05) is 37.3 Å². The van der Waals surface area contributed by atoms with Crippen LogP contribution in [0.15, 0.2) is 53.1 Å². The monoisotopic (exact) mass is 355 g/mol. The van der Waals surface area contributed by atoms with Crippen molar-refractivity contribution in [2.45, 2.75) is 19.4 Å². The summed E-state index contributed by atoms with van der Waals surface area (Å²) in [6.07, 6.45) is 1.97. The predicted molar refractivity (Wildman–Crippen MR) is 98.7 cm³/mol. The molecule has 1 unspecified atom stereocenters. The lowest BCUT2D eigenvalue weighted by molar-refractivity contribution is -0.122. The van der Waals surface area contributed by atoms with Gasteiger partial charge in [0.05, 0.1) is 12.3 Å². The van der Waals surface area contributed by atoms with Crippen LogP contribution in [0.5, 0.6) is 0 Å². The molecule has 2 aromatic rings. The van der Waals surface area contributed by atoms with Gasteiger partial charge in [-0.25, -0.2) is 0 Å². The minimum absolute atomic E-state index is 0.00599. The smallest absolute Gasteiger partial charge is 0.289 e. The molecule has 1 aliphatic rings. The number of hydrogen-bond donors (Lipinski definition) is 1. The van der Waals surface area contributed by atoms with Crippen molar-refractivity contribution in [3.63, 3.8) is 0 Å². The third-order valence-corrected chi connectivity index (χ3v) is 4.72. The quantitative estimate of drug-likeness (QED) is 0.864. The maximum atomic E-state index is 12.2. The van der Waals surface area contributed by atoms with E-state index in [2.05, 4.69) is 10.2 Å². The van der Waals surface area contributed by atoms with Crippen LogP contribution in [0.1, 0.15) is 35.5 Å². The molecule has 1 aromatic heterocycles. The number of hydrogen-bond acceptors (Lipinski definition) is 4. The highest BCUT2D eigenvalue weighted by Gasteiger charge is 2.23. The number of benzene rings is 1. The summed E-state index contributed by atoms with van der Waals surface area (Å²) in [6, 6.07) is 13.4. The Morgan fingerprint density at radius 3 is 2.46 bits per heavy atom. The highest BCUT2D eigenvalue weighted by atomic mass is 16.3. The average Bonchev–Trinajstić information content (AvgIpc) is 3.21. The Morgan fingerprint density at radius 2 is 1.81 bits per heavy atom. The average molecular weight is 355 g/mol. The predicted octanol–water partition coefficient (Wildman–Crippen LogP) is 2.30. The van der Waals surface area contributed by atoms with E-state index >= 15 is 0 Å². The van der Waals surface area contributed by atoms with Gasteiger partial charge < -0.3 is 14.6 Å². The first-order valence-electron chi connectivity index (χ1n) is 9.03. The van der Waals surface area contributed by atoms with Crippen LogP contribution >= 0.6 is 0 Å². The molecule has 0 radical (unpaired) electrons. The Morgan fingerprint density at radius 1 is 1.08 bits per heavy atom. The lowest BCUT2D eigenvalue weighted by Gasteiger charge is -2.34. The fraction of sp³-hybridized carbons (Fsp3) is 0.400. The fourth-order valence-electron chi connectivity index (χ4n) is 3.13. The molecule has 1 aliphatic heterocycles. The van der Waals surface area contributed by atoms with Gasteiger partial charge in [0.1, 0.15) is 0 Å². The summed E-state index contributed by atoms with van der Waals surface area (Å²) in [6.45, 7) is 5.55. The Balaban J connectivity index is 1.38. The molecule has 1 N–H and O–H groups in total. The molecule has 138 valence electrons. The fourth-order valence-corrected chi connectivity index (χ4v) is 3.13. The number of amides is 2. The molecule has 2 amide bonds. The molecule has 1 atom stereocenters. The number of nitrogens with zero attached hydrogens (tertiary/aromatic N) is 2. The van der Waals surface area contributed by atoms with Crippen LogP contribution in [0.3, 0.4) is 0 Å².